The van der Waals surface area contributed by atoms with Gasteiger partial charge in [-0.3, -0.25) is 13.9 Å². The zero-order chi connectivity index (χ0) is 16.7. The van der Waals surface area contributed by atoms with E-state index in [9.17, 15) is 9.59 Å². The van der Waals surface area contributed by atoms with Gasteiger partial charge in [-0.2, -0.15) is 0 Å². The van der Waals surface area contributed by atoms with Crippen molar-refractivity contribution in [2.24, 2.45) is 14.1 Å². The van der Waals surface area contributed by atoms with Crippen LogP contribution in [0.15, 0.2) is 40.1 Å². The molecule has 3 rings (SSSR count). The maximum absolute atomic E-state index is 12.6. The molecule has 1 N–H and O–H groups in total. The number of rotatable bonds is 2. The molecule has 0 amide bonds. The number of halogens is 1. The Morgan fingerprint density at radius 2 is 1.83 bits per heavy atom. The minimum Gasteiger partial charge on any atom is -0.353 e. The van der Waals surface area contributed by atoms with Crippen molar-refractivity contribution < 1.29 is 0 Å². The molecule has 2 aromatic heterocycles. The lowest BCUT2D eigenvalue weighted by Gasteiger charge is -2.15. The summed E-state index contributed by atoms with van der Waals surface area (Å²) >= 11 is 6.19. The van der Waals surface area contributed by atoms with Crippen molar-refractivity contribution >= 4 is 34.0 Å². The standard InChI is InChI=1S/C16H15ClN4O2/c1-9-8-18-14-12(15(22)21(3)16(23)20(14)2)13(9)19-11-7-5-4-6-10(11)17/h4-8H,1-3H3,(H,18,19). The van der Waals surface area contributed by atoms with Crippen LogP contribution in [-0.4, -0.2) is 14.1 Å². The number of nitrogens with one attached hydrogen (secondary N) is 1. The summed E-state index contributed by atoms with van der Waals surface area (Å²) in [4.78, 5) is 28.9. The Morgan fingerprint density at radius 3 is 2.52 bits per heavy atom. The average molecular weight is 331 g/mol. The lowest BCUT2D eigenvalue weighted by Crippen LogP contribution is -2.37. The molecule has 0 saturated heterocycles. The molecule has 0 spiro atoms. The second kappa shape index (κ2) is 5.55. The minimum absolute atomic E-state index is 0.332. The van der Waals surface area contributed by atoms with Crippen molar-refractivity contribution in [2.45, 2.75) is 6.92 Å². The molecule has 0 fully saturated rings. The number of pyridine rings is 1. The lowest BCUT2D eigenvalue weighted by molar-refractivity contribution is 0.707. The molecule has 23 heavy (non-hydrogen) atoms. The number of fused-ring (bicyclic) bond motifs is 1. The summed E-state index contributed by atoms with van der Waals surface area (Å²) < 4.78 is 2.43. The van der Waals surface area contributed by atoms with Crippen LogP contribution < -0.4 is 16.6 Å². The van der Waals surface area contributed by atoms with Gasteiger partial charge in [0.05, 0.1) is 16.4 Å². The summed E-state index contributed by atoms with van der Waals surface area (Å²) in [7, 11) is 3.04. The highest BCUT2D eigenvalue weighted by Crippen LogP contribution is 2.29. The predicted octanol–water partition coefficient (Wildman–Crippen LogP) is 2.34. The van der Waals surface area contributed by atoms with E-state index in [0.717, 1.165) is 10.1 Å². The van der Waals surface area contributed by atoms with E-state index in [1.54, 1.807) is 19.3 Å². The Balaban J connectivity index is 2.37. The van der Waals surface area contributed by atoms with Crippen LogP contribution >= 0.6 is 11.6 Å². The summed E-state index contributed by atoms with van der Waals surface area (Å²) in [5.74, 6) is 0. The molecule has 0 atom stereocenters. The maximum atomic E-state index is 12.6. The van der Waals surface area contributed by atoms with Gasteiger partial charge in [-0.1, -0.05) is 23.7 Å². The second-order valence-corrected chi connectivity index (χ2v) is 5.73. The lowest BCUT2D eigenvalue weighted by atomic mass is 10.1. The molecule has 7 heteroatoms. The first-order valence-electron chi connectivity index (χ1n) is 6.98. The van der Waals surface area contributed by atoms with Crippen molar-refractivity contribution in [1.29, 1.82) is 0 Å². The Hall–Kier alpha value is -2.60. The molecule has 3 aromatic rings. The SMILES string of the molecule is Cc1cnc2c(c1Nc1ccccc1Cl)c(=O)n(C)c(=O)n2C. The number of hydrogen-bond donors (Lipinski definition) is 1. The third kappa shape index (κ3) is 2.41. The molecule has 0 aliphatic heterocycles. The number of hydrogen-bond acceptors (Lipinski definition) is 4. The molecule has 0 bridgehead atoms. The van der Waals surface area contributed by atoms with E-state index in [-0.39, 0.29) is 0 Å². The molecule has 0 unspecified atom stereocenters. The Labute approximate surface area is 137 Å². The van der Waals surface area contributed by atoms with Crippen LogP contribution in [-0.2, 0) is 14.1 Å². The summed E-state index contributed by atoms with van der Waals surface area (Å²) in [6.45, 7) is 1.84. The summed E-state index contributed by atoms with van der Waals surface area (Å²) in [6, 6.07) is 7.26. The van der Waals surface area contributed by atoms with E-state index in [2.05, 4.69) is 10.3 Å². The third-order valence-electron chi connectivity index (χ3n) is 3.79. The number of benzene rings is 1. The van der Waals surface area contributed by atoms with Crippen LogP contribution in [0.3, 0.4) is 0 Å². The largest absolute Gasteiger partial charge is 0.353 e. The van der Waals surface area contributed by atoms with E-state index >= 15 is 0 Å². The Kier molecular flexibility index (Phi) is 3.69. The summed E-state index contributed by atoms with van der Waals surface area (Å²) in [5, 5.41) is 4.09. The first kappa shape index (κ1) is 15.3. The van der Waals surface area contributed by atoms with Gasteiger partial charge >= 0.3 is 5.69 Å². The van der Waals surface area contributed by atoms with Crippen LogP contribution in [0.4, 0.5) is 11.4 Å². The van der Waals surface area contributed by atoms with Gasteiger partial charge in [0.1, 0.15) is 5.39 Å². The van der Waals surface area contributed by atoms with Crippen molar-refractivity contribution in [3.8, 4) is 0 Å². The molecule has 0 radical (unpaired) electrons. The van der Waals surface area contributed by atoms with Crippen LogP contribution in [0, 0.1) is 6.92 Å². The molecule has 6 nitrogen and oxygen atoms in total. The monoisotopic (exact) mass is 330 g/mol. The van der Waals surface area contributed by atoms with E-state index in [4.69, 9.17) is 11.6 Å². The van der Waals surface area contributed by atoms with Crippen LogP contribution in [0.5, 0.6) is 0 Å². The topological polar surface area (TPSA) is 68.9 Å². The highest BCUT2D eigenvalue weighted by Gasteiger charge is 2.16. The van der Waals surface area contributed by atoms with Gasteiger partial charge in [-0.15, -0.1) is 0 Å². The number of aryl methyl sites for hydroxylation is 2. The average Bonchev–Trinajstić information content (AvgIpc) is 2.54. The predicted molar refractivity (Wildman–Crippen MR) is 91.7 cm³/mol. The fourth-order valence-electron chi connectivity index (χ4n) is 2.48. The Morgan fingerprint density at radius 1 is 1.13 bits per heavy atom. The number of nitrogens with zero attached hydrogens (tertiary/aromatic N) is 3. The van der Waals surface area contributed by atoms with Crippen molar-refractivity contribution in [3.05, 3.63) is 61.9 Å². The molecule has 1 aromatic carbocycles. The fourth-order valence-corrected chi connectivity index (χ4v) is 2.66. The summed E-state index contributed by atoms with van der Waals surface area (Å²) in [6.07, 6.45) is 1.63. The molecule has 0 aliphatic rings. The number of para-hydroxylation sites is 1. The highest BCUT2D eigenvalue weighted by atomic mass is 35.5. The quantitative estimate of drug-likeness (QED) is 0.783. The molecule has 0 saturated carbocycles. The zero-order valence-electron chi connectivity index (χ0n) is 12.9. The summed E-state index contributed by atoms with van der Waals surface area (Å²) in [5.41, 5.74) is 1.59. The van der Waals surface area contributed by atoms with Gasteiger partial charge in [0, 0.05) is 20.3 Å². The Bertz CT molecular complexity index is 1040. The van der Waals surface area contributed by atoms with Crippen LogP contribution in [0.2, 0.25) is 5.02 Å². The molecule has 2 heterocycles. The number of aromatic nitrogens is 3. The van der Waals surface area contributed by atoms with E-state index in [1.807, 2.05) is 25.1 Å². The van der Waals surface area contributed by atoms with Gasteiger partial charge in [0.25, 0.3) is 5.56 Å². The van der Waals surface area contributed by atoms with Gasteiger partial charge in [-0.25, -0.2) is 9.78 Å². The van der Waals surface area contributed by atoms with E-state index in [1.165, 1.54) is 11.6 Å². The minimum atomic E-state index is -0.414. The van der Waals surface area contributed by atoms with Crippen LogP contribution in [0.25, 0.3) is 11.0 Å². The van der Waals surface area contributed by atoms with E-state index < -0.39 is 11.2 Å². The molecule has 118 valence electrons. The molecule has 0 aliphatic carbocycles. The first-order chi connectivity index (χ1) is 10.9. The van der Waals surface area contributed by atoms with Crippen molar-refractivity contribution in [1.82, 2.24) is 14.1 Å². The smallest absolute Gasteiger partial charge is 0.332 e. The highest BCUT2D eigenvalue weighted by molar-refractivity contribution is 6.33. The molecular formula is C16H15ClN4O2. The maximum Gasteiger partial charge on any atom is 0.332 e. The number of anilines is 2. The zero-order valence-corrected chi connectivity index (χ0v) is 13.7. The van der Waals surface area contributed by atoms with Gasteiger partial charge in [-0.05, 0) is 24.6 Å². The normalized spacial score (nSPS) is 11.0. The fraction of sp³-hybridized carbons (Fsp3) is 0.188. The molecular weight excluding hydrogens is 316 g/mol. The van der Waals surface area contributed by atoms with Gasteiger partial charge < -0.3 is 5.32 Å². The third-order valence-corrected chi connectivity index (χ3v) is 4.12. The first-order valence-corrected chi connectivity index (χ1v) is 7.36. The van der Waals surface area contributed by atoms with E-state index in [0.29, 0.717) is 27.4 Å². The van der Waals surface area contributed by atoms with Crippen LogP contribution in [0.1, 0.15) is 5.56 Å². The van der Waals surface area contributed by atoms with Gasteiger partial charge in [0.2, 0.25) is 0 Å². The van der Waals surface area contributed by atoms with Gasteiger partial charge in [0.15, 0.2) is 5.65 Å². The van der Waals surface area contributed by atoms with Crippen molar-refractivity contribution in [2.75, 3.05) is 5.32 Å². The second-order valence-electron chi connectivity index (χ2n) is 5.33. The van der Waals surface area contributed by atoms with Crippen molar-refractivity contribution in [3.63, 3.8) is 0 Å².